The van der Waals surface area contributed by atoms with Crippen LogP contribution >= 0.6 is 11.3 Å². The van der Waals surface area contributed by atoms with Crippen molar-refractivity contribution in [1.29, 1.82) is 0 Å². The van der Waals surface area contributed by atoms with Crippen LogP contribution in [0.4, 0.5) is 15.5 Å². The van der Waals surface area contributed by atoms with E-state index in [-0.39, 0.29) is 11.8 Å². The number of allylic oxidation sites excluding steroid dienone is 2. The fraction of sp³-hybridized carbons (Fsp3) is 0.391. The van der Waals surface area contributed by atoms with Crippen LogP contribution in [0.25, 0.3) is 0 Å². The number of fused-ring (bicyclic) bond motifs is 1. The first kappa shape index (κ1) is 22.8. The van der Waals surface area contributed by atoms with Gasteiger partial charge in [0.2, 0.25) is 5.91 Å². The molecule has 10 heteroatoms. The van der Waals surface area contributed by atoms with Crippen LogP contribution in [0.1, 0.15) is 35.4 Å². The highest BCUT2D eigenvalue weighted by Gasteiger charge is 2.26. The summed E-state index contributed by atoms with van der Waals surface area (Å²) in [4.78, 5) is 33.8. The number of amides is 2. The maximum Gasteiger partial charge on any atom is 0.407 e. The summed E-state index contributed by atoms with van der Waals surface area (Å²) in [5.41, 5.74) is 9.86. The van der Waals surface area contributed by atoms with Gasteiger partial charge in [-0.25, -0.2) is 9.78 Å². The predicted molar refractivity (Wildman–Crippen MR) is 129 cm³/mol. The highest BCUT2D eigenvalue weighted by Crippen LogP contribution is 2.41. The number of nitrogens with zero attached hydrogens (tertiary/aromatic N) is 3. The maximum atomic E-state index is 12.3. The van der Waals surface area contributed by atoms with Crippen molar-refractivity contribution in [3.63, 3.8) is 0 Å². The Hall–Kier alpha value is -3.40. The molecule has 1 aliphatic heterocycles. The van der Waals surface area contributed by atoms with Crippen LogP contribution in [0, 0.1) is 5.92 Å². The highest BCUT2D eigenvalue weighted by molar-refractivity contribution is 7.17. The Kier molecular flexibility index (Phi) is 7.23. The number of hydrogen-bond acceptors (Lipinski definition) is 7. The van der Waals surface area contributed by atoms with Gasteiger partial charge in [0.25, 0.3) is 0 Å². The summed E-state index contributed by atoms with van der Waals surface area (Å²) in [5, 5.41) is 6.31. The zero-order valence-corrected chi connectivity index (χ0v) is 19.4. The Morgan fingerprint density at radius 3 is 3.03 bits per heavy atom. The molecule has 0 aromatic carbocycles. The van der Waals surface area contributed by atoms with Gasteiger partial charge in [-0.2, -0.15) is 0 Å². The molecule has 4 N–H and O–H groups in total. The molecule has 0 saturated heterocycles. The van der Waals surface area contributed by atoms with E-state index in [1.807, 2.05) is 24.0 Å². The van der Waals surface area contributed by atoms with Gasteiger partial charge in [0.15, 0.2) is 0 Å². The van der Waals surface area contributed by atoms with E-state index in [4.69, 9.17) is 10.5 Å². The molecule has 0 radical (unpaired) electrons. The minimum Gasteiger partial charge on any atom is -0.449 e. The van der Waals surface area contributed by atoms with E-state index in [9.17, 15) is 9.59 Å². The maximum absolute atomic E-state index is 12.3. The van der Waals surface area contributed by atoms with Crippen LogP contribution in [0.3, 0.4) is 0 Å². The van der Waals surface area contributed by atoms with Crippen molar-refractivity contribution >= 4 is 40.2 Å². The zero-order valence-electron chi connectivity index (χ0n) is 18.5. The van der Waals surface area contributed by atoms with E-state index in [1.165, 1.54) is 17.4 Å². The lowest BCUT2D eigenvalue weighted by atomic mass is 9.89. The standard InChI is InChI=1S/C23H28N6O3S/c1-29-12-17(27-14-29)11-26-23(31)32-13-16-4-6-18-19(9-16)33-22(21(18)24)28-20(30)7-5-15-3-2-8-25-10-15/h5,7-8,10,12,14,16H,2-4,6,9,11,13,24H2,1H3,(H,26,31)(H,28,30)/b7-5+. The molecule has 1 unspecified atom stereocenters. The molecule has 174 valence electrons. The number of aryl methyl sites for hydroxylation is 1. The first-order valence-corrected chi connectivity index (χ1v) is 11.8. The summed E-state index contributed by atoms with van der Waals surface area (Å²) in [6, 6.07) is 0. The SMILES string of the molecule is Cn1cnc(CNC(=O)OCC2CCc3c(sc(NC(=O)/C=C/C4=CN=CCC4)c3N)C2)c1. The van der Waals surface area contributed by atoms with Gasteiger partial charge in [0.05, 0.1) is 30.9 Å². The lowest BCUT2D eigenvalue weighted by molar-refractivity contribution is -0.111. The fourth-order valence-electron chi connectivity index (χ4n) is 3.86. The number of carbonyl (C=O) groups excluding carboxylic acids is 2. The molecule has 2 amide bonds. The number of aromatic nitrogens is 2. The number of rotatable bonds is 7. The molecule has 33 heavy (non-hydrogen) atoms. The molecule has 4 rings (SSSR count). The Morgan fingerprint density at radius 1 is 1.39 bits per heavy atom. The first-order chi connectivity index (χ1) is 16.0. The molecule has 2 aliphatic rings. The van der Waals surface area contributed by atoms with Gasteiger partial charge in [-0.15, -0.1) is 11.3 Å². The van der Waals surface area contributed by atoms with Gasteiger partial charge in [0, 0.05) is 36.6 Å². The molecule has 3 heterocycles. The molecular weight excluding hydrogens is 440 g/mol. The van der Waals surface area contributed by atoms with Crippen molar-refractivity contribution in [2.45, 2.75) is 38.6 Å². The van der Waals surface area contributed by atoms with E-state index in [1.54, 1.807) is 18.6 Å². The molecule has 0 bridgehead atoms. The van der Waals surface area contributed by atoms with Crippen LogP contribution in [-0.2, 0) is 36.0 Å². The number of aliphatic imine (C=N–C) groups is 1. The van der Waals surface area contributed by atoms with Crippen LogP contribution in [0.5, 0.6) is 0 Å². The lowest BCUT2D eigenvalue weighted by Crippen LogP contribution is -2.27. The summed E-state index contributed by atoms with van der Waals surface area (Å²) in [7, 11) is 1.88. The van der Waals surface area contributed by atoms with Crippen LogP contribution in [0.2, 0.25) is 0 Å². The van der Waals surface area contributed by atoms with E-state index >= 15 is 0 Å². The van der Waals surface area contributed by atoms with E-state index in [0.717, 1.165) is 53.8 Å². The summed E-state index contributed by atoms with van der Waals surface area (Å²) in [6.45, 7) is 0.672. The summed E-state index contributed by atoms with van der Waals surface area (Å²) in [5.74, 6) is 0.0126. The monoisotopic (exact) mass is 468 g/mol. The zero-order chi connectivity index (χ0) is 23.2. The number of ether oxygens (including phenoxy) is 1. The smallest absolute Gasteiger partial charge is 0.407 e. The van der Waals surface area contributed by atoms with Crippen molar-refractivity contribution in [2.75, 3.05) is 17.7 Å². The second kappa shape index (κ2) is 10.5. The molecule has 1 aliphatic carbocycles. The van der Waals surface area contributed by atoms with Crippen molar-refractivity contribution in [3.05, 3.63) is 52.6 Å². The third-order valence-electron chi connectivity index (χ3n) is 5.62. The van der Waals surface area contributed by atoms with Gasteiger partial charge < -0.3 is 25.7 Å². The van der Waals surface area contributed by atoms with E-state index in [0.29, 0.717) is 23.8 Å². The average Bonchev–Trinajstić information content (AvgIpc) is 3.38. The molecular formula is C23H28N6O3S. The van der Waals surface area contributed by atoms with Crippen molar-refractivity contribution in [2.24, 2.45) is 18.0 Å². The fourth-order valence-corrected chi connectivity index (χ4v) is 5.15. The van der Waals surface area contributed by atoms with Gasteiger partial charge in [0.1, 0.15) is 5.00 Å². The Balaban J connectivity index is 1.26. The lowest BCUT2D eigenvalue weighted by Gasteiger charge is -2.22. The second-order valence-corrected chi connectivity index (χ2v) is 9.34. The minimum atomic E-state index is -0.448. The molecule has 1 atom stereocenters. The number of nitrogen functional groups attached to an aromatic ring is 1. The Labute approximate surface area is 196 Å². The molecule has 0 saturated carbocycles. The van der Waals surface area contributed by atoms with Crippen LogP contribution in [-0.4, -0.2) is 34.4 Å². The summed E-state index contributed by atoms with van der Waals surface area (Å²) < 4.78 is 7.24. The summed E-state index contributed by atoms with van der Waals surface area (Å²) >= 11 is 1.50. The number of carbonyl (C=O) groups is 2. The van der Waals surface area contributed by atoms with Gasteiger partial charge in [-0.05, 0) is 49.2 Å². The molecule has 9 nitrogen and oxygen atoms in total. The number of alkyl carbamates (subject to hydrolysis) is 1. The van der Waals surface area contributed by atoms with Crippen molar-refractivity contribution in [1.82, 2.24) is 14.9 Å². The first-order valence-electron chi connectivity index (χ1n) is 10.9. The second-order valence-electron chi connectivity index (χ2n) is 8.23. The largest absolute Gasteiger partial charge is 0.449 e. The van der Waals surface area contributed by atoms with Gasteiger partial charge in [-0.1, -0.05) is 6.08 Å². The number of anilines is 2. The third-order valence-corrected chi connectivity index (χ3v) is 6.81. The molecule has 0 fully saturated rings. The number of hydrogen-bond donors (Lipinski definition) is 3. The van der Waals surface area contributed by atoms with E-state index in [2.05, 4.69) is 20.6 Å². The number of imidazole rings is 1. The molecule has 0 spiro atoms. The Morgan fingerprint density at radius 2 is 2.27 bits per heavy atom. The van der Waals surface area contributed by atoms with Crippen LogP contribution in [0.15, 0.2) is 41.4 Å². The number of nitrogens with two attached hydrogens (primary N) is 1. The minimum absolute atomic E-state index is 0.208. The normalized spacial score (nSPS) is 17.5. The van der Waals surface area contributed by atoms with Crippen molar-refractivity contribution < 1.29 is 14.3 Å². The van der Waals surface area contributed by atoms with Gasteiger partial charge in [-0.3, -0.25) is 9.79 Å². The summed E-state index contributed by atoms with van der Waals surface area (Å²) in [6.07, 6.45) is 14.3. The van der Waals surface area contributed by atoms with Crippen molar-refractivity contribution in [3.8, 4) is 0 Å². The average molecular weight is 469 g/mol. The highest BCUT2D eigenvalue weighted by atomic mass is 32.1. The van der Waals surface area contributed by atoms with Crippen LogP contribution < -0.4 is 16.4 Å². The quantitative estimate of drug-likeness (QED) is 0.538. The third kappa shape index (κ3) is 6.10. The topological polar surface area (TPSA) is 124 Å². The Bertz CT molecular complexity index is 1110. The number of thiophene rings is 1. The molecule has 2 aromatic rings. The molecule has 2 aromatic heterocycles. The number of nitrogens with one attached hydrogen (secondary N) is 2. The predicted octanol–water partition coefficient (Wildman–Crippen LogP) is 3.34. The van der Waals surface area contributed by atoms with Gasteiger partial charge >= 0.3 is 6.09 Å². The van der Waals surface area contributed by atoms with E-state index < -0.39 is 6.09 Å².